The summed E-state index contributed by atoms with van der Waals surface area (Å²) in [7, 11) is -1.51. The van der Waals surface area contributed by atoms with Crippen molar-refractivity contribution in [2.24, 2.45) is 28.3 Å². The fraction of sp³-hybridized carbons (Fsp3) is 0.618. The topological polar surface area (TPSA) is 92.1 Å². The highest BCUT2D eigenvalue weighted by Gasteiger charge is 2.57. The minimum Gasteiger partial charge on any atom is -0.411 e. The third kappa shape index (κ3) is 6.65. The number of oxime groups is 1. The number of aromatic nitrogens is 1. The minimum absolute atomic E-state index is 0.187. The number of carbonyl (C=O) groups is 1. The number of hydrogen-bond acceptors (Lipinski definition) is 6. The molecule has 1 aliphatic heterocycles. The lowest BCUT2D eigenvalue weighted by Crippen LogP contribution is -2.46. The van der Waals surface area contributed by atoms with Crippen LogP contribution in [0.2, 0.25) is 0 Å². The molecule has 13 heteroatoms. The number of pyridine rings is 1. The summed E-state index contributed by atoms with van der Waals surface area (Å²) < 4.78 is 82.6. The van der Waals surface area contributed by atoms with Gasteiger partial charge in [-0.1, -0.05) is 24.2 Å². The second-order valence-corrected chi connectivity index (χ2v) is 15.5. The van der Waals surface area contributed by atoms with Gasteiger partial charge in [-0.25, -0.2) is 4.79 Å². The number of fused-ring (bicyclic) bond motifs is 6. The summed E-state index contributed by atoms with van der Waals surface area (Å²) >= 11 is 0. The average molecular weight is 682 g/mol. The van der Waals surface area contributed by atoms with E-state index in [0.29, 0.717) is 44.0 Å². The molecule has 1 aromatic carbocycles. The molecule has 2 aromatic rings. The molecule has 1 unspecified atom stereocenters. The number of rotatable bonds is 9. The van der Waals surface area contributed by atoms with E-state index in [1.54, 1.807) is 11.1 Å². The summed E-state index contributed by atoms with van der Waals surface area (Å²) in [4.78, 5) is 19.0. The maximum Gasteiger partial charge on any atom is 0.453 e. The van der Waals surface area contributed by atoms with Gasteiger partial charge in [-0.15, -0.1) is 0 Å². The Labute approximate surface area is 273 Å². The van der Waals surface area contributed by atoms with Crippen molar-refractivity contribution in [2.45, 2.75) is 95.8 Å². The van der Waals surface area contributed by atoms with Gasteiger partial charge in [0.15, 0.2) is 0 Å². The summed E-state index contributed by atoms with van der Waals surface area (Å²) in [6.07, 6.45) is -0.774. The molecule has 6 atom stereocenters. The zero-order chi connectivity index (χ0) is 33.6. The molecule has 7 nitrogen and oxygen atoms in total. The van der Waals surface area contributed by atoms with Crippen LogP contribution in [0.4, 0.5) is 26.7 Å². The van der Waals surface area contributed by atoms with Crippen molar-refractivity contribution in [1.29, 1.82) is 0 Å². The first-order valence-electron chi connectivity index (χ1n) is 16.3. The van der Waals surface area contributed by atoms with Crippen LogP contribution in [0.1, 0.15) is 86.6 Å². The van der Waals surface area contributed by atoms with Crippen LogP contribution in [0.3, 0.4) is 0 Å². The Morgan fingerprint density at radius 2 is 1.91 bits per heavy atom. The number of nitrogens with zero attached hydrogens (tertiary/aromatic N) is 3. The quantitative estimate of drug-likeness (QED) is 0.165. The van der Waals surface area contributed by atoms with Crippen molar-refractivity contribution in [1.82, 2.24) is 9.88 Å². The Balaban J connectivity index is 1.14. The molecule has 0 spiro atoms. The van der Waals surface area contributed by atoms with Crippen molar-refractivity contribution >= 4 is 22.6 Å². The standard InChI is InChI=1S/C34H40F5N3O4S/c1-32-13-11-26-25-8-7-24(46-31(43)42-19-22-5-2-14-40-28(22)20-42)18-23(25)17-21(30(26)27(32)9-10-29(32)41-44)6-3-15-47(45)16-4-12-33(35,36)34(37,38)39/h2,5,7-8,14,18,21,26-27,30,44H,3-4,6,9-13,15-17,19-20H2,1H3/b41-29-/t21-,26-,27+,30-,32+,47?/m1/s1. The number of alkyl halides is 5. The highest BCUT2D eigenvalue weighted by Crippen LogP contribution is 2.62. The molecule has 3 aliphatic carbocycles. The lowest BCUT2D eigenvalue weighted by Gasteiger charge is -2.52. The number of ether oxygens (including phenoxy) is 1. The van der Waals surface area contributed by atoms with Gasteiger partial charge in [-0.05, 0) is 110 Å². The number of benzene rings is 1. The molecule has 0 bridgehead atoms. The van der Waals surface area contributed by atoms with Gasteiger partial charge in [-0.2, -0.15) is 22.0 Å². The van der Waals surface area contributed by atoms with E-state index in [-0.39, 0.29) is 34.7 Å². The molecule has 47 heavy (non-hydrogen) atoms. The van der Waals surface area contributed by atoms with Gasteiger partial charge >= 0.3 is 18.2 Å². The van der Waals surface area contributed by atoms with E-state index in [4.69, 9.17) is 4.74 Å². The van der Waals surface area contributed by atoms with E-state index >= 15 is 0 Å². The first-order valence-corrected chi connectivity index (χ1v) is 17.8. The van der Waals surface area contributed by atoms with Crippen LogP contribution in [0.5, 0.6) is 5.75 Å². The number of halogens is 5. The monoisotopic (exact) mass is 681 g/mol. The van der Waals surface area contributed by atoms with Crippen molar-refractivity contribution in [3.8, 4) is 5.75 Å². The summed E-state index contributed by atoms with van der Waals surface area (Å²) in [5.74, 6) is -3.28. The summed E-state index contributed by atoms with van der Waals surface area (Å²) in [6, 6.07) is 9.65. The molecule has 2 saturated carbocycles. The van der Waals surface area contributed by atoms with E-state index < -0.39 is 41.8 Å². The lowest BCUT2D eigenvalue weighted by molar-refractivity contribution is -0.284. The van der Waals surface area contributed by atoms with Crippen molar-refractivity contribution < 1.29 is 40.9 Å². The second kappa shape index (κ2) is 13.1. The molecule has 1 N–H and O–H groups in total. The zero-order valence-corrected chi connectivity index (χ0v) is 27.1. The van der Waals surface area contributed by atoms with Gasteiger partial charge in [0.1, 0.15) is 5.75 Å². The van der Waals surface area contributed by atoms with Gasteiger partial charge in [-0.3, -0.25) is 14.1 Å². The predicted octanol–water partition coefficient (Wildman–Crippen LogP) is 8.02. The molecule has 2 fully saturated rings. The highest BCUT2D eigenvalue weighted by atomic mass is 32.2. The molecule has 1 aromatic heterocycles. The first kappa shape index (κ1) is 33.8. The molecule has 0 saturated heterocycles. The number of amides is 1. The summed E-state index contributed by atoms with van der Waals surface area (Å²) in [5, 5.41) is 13.5. The van der Waals surface area contributed by atoms with E-state index in [1.165, 1.54) is 5.56 Å². The van der Waals surface area contributed by atoms with Crippen LogP contribution in [0.25, 0.3) is 0 Å². The molecular formula is C34H40F5N3O4S. The molecule has 4 aliphatic rings. The minimum atomic E-state index is -5.60. The number of carbonyl (C=O) groups excluding carboxylic acids is 1. The molecular weight excluding hydrogens is 641 g/mol. The van der Waals surface area contributed by atoms with Crippen LogP contribution in [-0.4, -0.2) is 54.7 Å². The van der Waals surface area contributed by atoms with Crippen LogP contribution in [0.15, 0.2) is 41.7 Å². The van der Waals surface area contributed by atoms with Gasteiger partial charge < -0.3 is 9.94 Å². The number of hydrogen-bond donors (Lipinski definition) is 1. The molecule has 2 heterocycles. The maximum atomic E-state index is 13.3. The van der Waals surface area contributed by atoms with Crippen LogP contribution < -0.4 is 4.74 Å². The Morgan fingerprint density at radius 3 is 2.66 bits per heavy atom. The Hall–Kier alpha value is -3.09. The van der Waals surface area contributed by atoms with Crippen LogP contribution in [-0.2, 0) is 30.3 Å². The molecule has 256 valence electrons. The van der Waals surface area contributed by atoms with Crippen LogP contribution in [0, 0.1) is 23.2 Å². The lowest BCUT2D eigenvalue weighted by atomic mass is 9.52. The van der Waals surface area contributed by atoms with E-state index in [0.717, 1.165) is 48.2 Å². The average Bonchev–Trinajstić information content (AvgIpc) is 3.61. The van der Waals surface area contributed by atoms with E-state index in [1.807, 2.05) is 24.3 Å². The SMILES string of the molecule is C[C@]12CC[C@@H]3c4ccc(OC(=O)N5Cc6cccnc6C5)cc4C[C@@H](CCCS(=O)CCCC(F)(F)C(F)(F)F)[C@H]3[C@@H]1CC/C2=N/O. The first-order chi connectivity index (χ1) is 22.3. The van der Waals surface area contributed by atoms with Gasteiger partial charge in [0, 0.05) is 40.3 Å². The maximum absolute atomic E-state index is 13.3. The van der Waals surface area contributed by atoms with Crippen LogP contribution >= 0.6 is 0 Å². The smallest absolute Gasteiger partial charge is 0.411 e. The van der Waals surface area contributed by atoms with Gasteiger partial charge in [0.25, 0.3) is 0 Å². The zero-order valence-electron chi connectivity index (χ0n) is 26.3. The fourth-order valence-electron chi connectivity index (χ4n) is 8.77. The Morgan fingerprint density at radius 1 is 1.13 bits per heavy atom. The van der Waals surface area contributed by atoms with Gasteiger partial charge in [0.2, 0.25) is 0 Å². The van der Waals surface area contributed by atoms with E-state index in [9.17, 15) is 36.2 Å². The summed E-state index contributed by atoms with van der Waals surface area (Å²) in [6.45, 7) is 3.00. The van der Waals surface area contributed by atoms with Crippen molar-refractivity contribution in [2.75, 3.05) is 11.5 Å². The predicted molar refractivity (Wildman–Crippen MR) is 166 cm³/mol. The van der Waals surface area contributed by atoms with Gasteiger partial charge in [0.05, 0.1) is 24.5 Å². The fourth-order valence-corrected chi connectivity index (χ4v) is 9.93. The van der Waals surface area contributed by atoms with Crippen molar-refractivity contribution in [3.63, 3.8) is 0 Å². The molecule has 6 rings (SSSR count). The third-order valence-corrected chi connectivity index (χ3v) is 12.6. The molecule has 0 radical (unpaired) electrons. The Kier molecular flexibility index (Phi) is 9.41. The Bertz CT molecular complexity index is 1530. The molecule has 1 amide bonds. The normalized spacial score (nSPS) is 28.4. The summed E-state index contributed by atoms with van der Waals surface area (Å²) in [5.41, 5.74) is 4.80. The van der Waals surface area contributed by atoms with Crippen molar-refractivity contribution in [3.05, 3.63) is 58.9 Å². The highest BCUT2D eigenvalue weighted by molar-refractivity contribution is 7.84. The van der Waals surface area contributed by atoms with E-state index in [2.05, 4.69) is 23.1 Å². The third-order valence-electron chi connectivity index (χ3n) is 11.1. The largest absolute Gasteiger partial charge is 0.453 e. The second-order valence-electron chi connectivity index (χ2n) is 13.8.